The number of hydrogen-bond acceptors (Lipinski definition) is 8. The Kier molecular flexibility index (Phi) is 7.82. The minimum absolute atomic E-state index is 0.250. The molecule has 0 N–H and O–H groups in total. The van der Waals surface area contributed by atoms with Crippen molar-refractivity contribution in [3.63, 3.8) is 0 Å². The molecule has 10 heteroatoms. The van der Waals surface area contributed by atoms with Gasteiger partial charge in [-0.05, 0) is 52.7 Å². The number of methoxy groups -OCH3 is 1. The highest BCUT2D eigenvalue weighted by molar-refractivity contribution is 7.90. The third-order valence-corrected chi connectivity index (χ3v) is 8.50. The zero-order valence-corrected chi connectivity index (χ0v) is 22.5. The highest BCUT2D eigenvalue weighted by atomic mass is 32.2. The highest BCUT2D eigenvalue weighted by Crippen LogP contribution is 2.30. The second kappa shape index (κ2) is 11.4. The van der Waals surface area contributed by atoms with Crippen molar-refractivity contribution < 1.29 is 13.2 Å². The predicted octanol–water partition coefficient (Wildman–Crippen LogP) is 3.33. The molecular weight excluding hydrogens is 500 g/mol. The van der Waals surface area contributed by atoms with Gasteiger partial charge in [0.1, 0.15) is 5.75 Å². The van der Waals surface area contributed by atoms with Crippen LogP contribution in [-0.4, -0.2) is 71.7 Å². The van der Waals surface area contributed by atoms with Crippen LogP contribution in [0.5, 0.6) is 5.75 Å². The largest absolute Gasteiger partial charge is 0.497 e. The van der Waals surface area contributed by atoms with Gasteiger partial charge in [0, 0.05) is 32.7 Å². The molecule has 0 spiro atoms. The van der Waals surface area contributed by atoms with E-state index < -0.39 is 9.84 Å². The molecule has 2 heterocycles. The van der Waals surface area contributed by atoms with Gasteiger partial charge in [-0.15, -0.1) is 5.10 Å². The first-order valence-electron chi connectivity index (χ1n) is 12.6. The summed E-state index contributed by atoms with van der Waals surface area (Å²) in [5, 5.41) is 12.3. The first kappa shape index (κ1) is 26.0. The number of tetrazole rings is 1. The van der Waals surface area contributed by atoms with Gasteiger partial charge in [-0.25, -0.2) is 13.1 Å². The average Bonchev–Trinajstić information content (AvgIpc) is 3.38. The maximum absolute atomic E-state index is 13.2. The SMILES string of the molecule is COc1ccc([C@@H](c2nnnn2CS(=O)(=O)c2ccc(C)cc2)N2CCN(Cc3ccccc3)CC2)cc1. The summed E-state index contributed by atoms with van der Waals surface area (Å²) in [5.74, 6) is 0.919. The van der Waals surface area contributed by atoms with Crippen LogP contribution in [0.1, 0.15) is 28.6 Å². The van der Waals surface area contributed by atoms with Gasteiger partial charge in [0.15, 0.2) is 21.5 Å². The van der Waals surface area contributed by atoms with E-state index in [1.807, 2.05) is 37.3 Å². The van der Waals surface area contributed by atoms with E-state index in [4.69, 9.17) is 4.74 Å². The zero-order chi connectivity index (χ0) is 26.5. The van der Waals surface area contributed by atoms with E-state index in [9.17, 15) is 8.42 Å². The van der Waals surface area contributed by atoms with Crippen molar-refractivity contribution in [1.29, 1.82) is 0 Å². The maximum Gasteiger partial charge on any atom is 0.198 e. The summed E-state index contributed by atoms with van der Waals surface area (Å²) in [4.78, 5) is 5.01. The van der Waals surface area contributed by atoms with Gasteiger partial charge in [0.2, 0.25) is 0 Å². The van der Waals surface area contributed by atoms with E-state index in [0.29, 0.717) is 5.82 Å². The maximum atomic E-state index is 13.2. The van der Waals surface area contributed by atoms with Gasteiger partial charge >= 0.3 is 0 Å². The molecule has 1 aliphatic heterocycles. The molecule has 0 aliphatic carbocycles. The molecule has 3 aromatic carbocycles. The predicted molar refractivity (Wildman–Crippen MR) is 144 cm³/mol. The lowest BCUT2D eigenvalue weighted by atomic mass is 10.0. The molecule has 0 bridgehead atoms. The average molecular weight is 533 g/mol. The Balaban J connectivity index is 1.41. The summed E-state index contributed by atoms with van der Waals surface area (Å²) in [6.45, 7) is 6.17. The Hall–Kier alpha value is -3.60. The number of rotatable bonds is 9. The smallest absolute Gasteiger partial charge is 0.198 e. The molecule has 1 aromatic heterocycles. The number of sulfone groups is 1. The molecule has 0 amide bonds. The number of ether oxygens (including phenoxy) is 1. The Morgan fingerprint density at radius 3 is 2.24 bits per heavy atom. The van der Waals surface area contributed by atoms with Gasteiger partial charge in [0.05, 0.1) is 18.0 Å². The fourth-order valence-corrected chi connectivity index (χ4v) is 6.02. The van der Waals surface area contributed by atoms with Crippen molar-refractivity contribution in [2.75, 3.05) is 33.3 Å². The van der Waals surface area contributed by atoms with Crippen LogP contribution >= 0.6 is 0 Å². The van der Waals surface area contributed by atoms with Crippen molar-refractivity contribution in [1.82, 2.24) is 30.0 Å². The van der Waals surface area contributed by atoms with Crippen LogP contribution in [0.4, 0.5) is 0 Å². The molecule has 9 nitrogen and oxygen atoms in total. The van der Waals surface area contributed by atoms with Crippen LogP contribution in [0.15, 0.2) is 83.8 Å². The quantitative estimate of drug-likeness (QED) is 0.324. The summed E-state index contributed by atoms with van der Waals surface area (Å²) < 4.78 is 33.3. The molecule has 0 unspecified atom stereocenters. The molecule has 1 fully saturated rings. The third kappa shape index (κ3) is 5.93. The Morgan fingerprint density at radius 1 is 0.895 bits per heavy atom. The highest BCUT2D eigenvalue weighted by Gasteiger charge is 2.32. The lowest BCUT2D eigenvalue weighted by molar-refractivity contribution is 0.100. The minimum Gasteiger partial charge on any atom is -0.497 e. The molecule has 0 saturated carbocycles. The van der Waals surface area contributed by atoms with Gasteiger partial charge in [0.25, 0.3) is 0 Å². The van der Waals surface area contributed by atoms with E-state index >= 15 is 0 Å². The molecular formula is C28H32N6O3S. The van der Waals surface area contributed by atoms with Crippen LogP contribution in [0.2, 0.25) is 0 Å². The van der Waals surface area contributed by atoms with Crippen molar-refractivity contribution in [2.45, 2.75) is 30.3 Å². The molecule has 4 aromatic rings. The second-order valence-corrected chi connectivity index (χ2v) is 11.5. The lowest BCUT2D eigenvalue weighted by Gasteiger charge is -2.39. The second-order valence-electron chi connectivity index (χ2n) is 9.57. The normalized spacial score (nSPS) is 15.8. The Bertz CT molecular complexity index is 1430. The van der Waals surface area contributed by atoms with Gasteiger partial charge < -0.3 is 4.74 Å². The molecule has 1 aliphatic rings. The van der Waals surface area contributed by atoms with Crippen LogP contribution in [0.3, 0.4) is 0 Å². The van der Waals surface area contributed by atoms with Crippen molar-refractivity contribution in [3.8, 4) is 5.75 Å². The van der Waals surface area contributed by atoms with E-state index in [-0.39, 0.29) is 16.8 Å². The summed E-state index contributed by atoms with van der Waals surface area (Å²) in [6, 6.07) is 24.8. The van der Waals surface area contributed by atoms with E-state index in [1.165, 1.54) is 10.2 Å². The fourth-order valence-electron chi connectivity index (χ4n) is 4.81. The van der Waals surface area contributed by atoms with Gasteiger partial charge in [-0.2, -0.15) is 0 Å². The molecule has 198 valence electrons. The first-order chi connectivity index (χ1) is 18.4. The standard InChI is InChI=1S/C28H32N6O3S/c1-22-8-14-26(15-9-22)38(35,36)21-34-28(29-30-31-34)27(24-10-12-25(37-2)13-11-24)33-18-16-32(17-19-33)20-23-6-4-3-5-7-23/h3-15,27H,16-21H2,1-2H3/t27-/m0/s1. The summed E-state index contributed by atoms with van der Waals surface area (Å²) in [6.07, 6.45) is 0. The summed E-state index contributed by atoms with van der Waals surface area (Å²) in [7, 11) is -2.02. The van der Waals surface area contributed by atoms with Crippen LogP contribution in [0.25, 0.3) is 0 Å². The molecule has 1 saturated heterocycles. The topological polar surface area (TPSA) is 93.4 Å². The molecule has 1 atom stereocenters. The number of aromatic nitrogens is 4. The zero-order valence-electron chi connectivity index (χ0n) is 21.6. The number of piperazine rings is 1. The molecule has 0 radical (unpaired) electrons. The van der Waals surface area contributed by atoms with Crippen LogP contribution in [0, 0.1) is 6.92 Å². The monoisotopic (exact) mass is 532 g/mol. The summed E-state index contributed by atoms with van der Waals surface area (Å²) >= 11 is 0. The number of hydrogen-bond donors (Lipinski definition) is 0. The minimum atomic E-state index is -3.65. The van der Waals surface area contributed by atoms with Crippen molar-refractivity contribution >= 4 is 9.84 Å². The number of aryl methyl sites for hydroxylation is 1. The first-order valence-corrected chi connectivity index (χ1v) is 14.3. The van der Waals surface area contributed by atoms with Crippen LogP contribution in [-0.2, 0) is 22.3 Å². The Labute approximate surface area is 223 Å². The van der Waals surface area contributed by atoms with Gasteiger partial charge in [-0.3, -0.25) is 9.80 Å². The third-order valence-electron chi connectivity index (χ3n) is 6.93. The number of nitrogens with zero attached hydrogens (tertiary/aromatic N) is 6. The van der Waals surface area contributed by atoms with Gasteiger partial charge in [-0.1, -0.05) is 60.2 Å². The fraction of sp³-hybridized carbons (Fsp3) is 0.321. The molecule has 38 heavy (non-hydrogen) atoms. The Morgan fingerprint density at radius 2 is 1.58 bits per heavy atom. The van der Waals surface area contributed by atoms with Crippen molar-refractivity contribution in [3.05, 3.63) is 101 Å². The lowest BCUT2D eigenvalue weighted by Crippen LogP contribution is -2.48. The van der Waals surface area contributed by atoms with E-state index in [0.717, 1.165) is 49.6 Å². The van der Waals surface area contributed by atoms with Crippen molar-refractivity contribution in [2.24, 2.45) is 0 Å². The number of benzene rings is 3. The van der Waals surface area contributed by atoms with Crippen LogP contribution < -0.4 is 4.74 Å². The van der Waals surface area contributed by atoms with E-state index in [1.54, 1.807) is 31.4 Å². The summed E-state index contributed by atoms with van der Waals surface area (Å²) in [5.41, 5.74) is 3.27. The van der Waals surface area contributed by atoms with E-state index in [2.05, 4.69) is 49.6 Å². The molecule has 5 rings (SSSR count).